The third-order valence-corrected chi connectivity index (χ3v) is 11.2. The maximum atomic E-state index is 9.05. The van der Waals surface area contributed by atoms with Crippen LogP contribution in [0.3, 0.4) is 0 Å². The quantitative estimate of drug-likeness (QED) is 0.0201. The molecule has 0 saturated carbocycles. The molecule has 2 atom stereocenters. The summed E-state index contributed by atoms with van der Waals surface area (Å²) in [7, 11) is 0. The molecule has 0 bridgehead atoms. The SMILES string of the molecule is CC(O)CCCC(C)O.CCC(O)(O)CCN.NC(CCCO)(CCCO)C(N)(CCCO)CCCO.NC(CO)(CO)CO.NC(O)(CO)CO.NCC(CO)(CO)CO.OCCCCCO.OCCCNCCCO. The number of hydrogen-bond donors (Lipinski definition) is 28. The molecule has 478 valence electrons. The minimum atomic E-state index is -1.81. The van der Waals surface area contributed by atoms with Crippen LogP contribution in [0.4, 0.5) is 0 Å². The van der Waals surface area contributed by atoms with E-state index >= 15 is 0 Å². The summed E-state index contributed by atoms with van der Waals surface area (Å²) in [4.78, 5) is 0. The lowest BCUT2D eigenvalue weighted by atomic mass is 9.67. The number of aliphatic hydroxyl groups excluding tert-OH is 18. The summed E-state index contributed by atoms with van der Waals surface area (Å²) in [5.74, 6) is -1.53. The molecular formula is C49H121N7O21. The Balaban J connectivity index is -0.000000122. The Morgan fingerprint density at radius 3 is 0.831 bits per heavy atom. The van der Waals surface area contributed by atoms with E-state index in [-0.39, 0.29) is 97.8 Å². The van der Waals surface area contributed by atoms with Gasteiger partial charge in [-0.3, -0.25) is 5.73 Å². The van der Waals surface area contributed by atoms with Gasteiger partial charge in [0.05, 0.1) is 76.0 Å². The van der Waals surface area contributed by atoms with Gasteiger partial charge in [0.25, 0.3) is 0 Å². The molecule has 77 heavy (non-hydrogen) atoms. The first-order valence-corrected chi connectivity index (χ1v) is 26.7. The number of aliphatic hydroxyl groups is 21. The standard InChI is InChI=1S/C14H32N2O4.C7H16O2.C6H15NO2.C5H13NO3.C5H13NO2.C5H12O2.C4H11NO3.C3H9NO3/c15-13(5-1-9-17,6-2-10-18)14(16,7-3-11-19)8-4-12-20;1-6(8)4-3-5-7(2)9;8-5-1-3-7-4-2-6-9;6-1-5(2-7,3-8)4-9;1-2-5(7,8)3-4-6;6-4-2-1-3-5-7;5-4(1-6,2-7)3-8;4-3(7,1-5)2-6/h17-20H,1-12,15-16H2;6-9H,3-5H2,1-2H3;7-9H,1-6H2;7-9H,1-4,6H2;7-8H,2-4,6H2,1H3;6-7H,1-5H2;6-8H,1-3,5H2;5-7H,1-2,4H2. The van der Waals surface area contributed by atoms with Gasteiger partial charge in [-0.15, -0.1) is 0 Å². The van der Waals surface area contributed by atoms with Crippen molar-refractivity contribution in [1.29, 1.82) is 0 Å². The Morgan fingerprint density at radius 2 is 0.688 bits per heavy atom. The van der Waals surface area contributed by atoms with Gasteiger partial charge >= 0.3 is 0 Å². The zero-order valence-corrected chi connectivity index (χ0v) is 47.4. The summed E-state index contributed by atoms with van der Waals surface area (Å²) >= 11 is 0. The fraction of sp³-hybridized carbons (Fsp3) is 1.00. The lowest BCUT2D eigenvalue weighted by Crippen LogP contribution is -2.66. The highest BCUT2D eigenvalue weighted by Gasteiger charge is 2.44. The van der Waals surface area contributed by atoms with Gasteiger partial charge in [0.1, 0.15) is 0 Å². The zero-order chi connectivity index (χ0) is 61.7. The van der Waals surface area contributed by atoms with Gasteiger partial charge in [0.2, 0.25) is 0 Å². The van der Waals surface area contributed by atoms with Crippen molar-refractivity contribution in [2.24, 2.45) is 39.8 Å². The highest BCUT2D eigenvalue weighted by molar-refractivity contribution is 5.06. The minimum absolute atomic E-state index is 0.0498. The van der Waals surface area contributed by atoms with Crippen LogP contribution in [-0.4, -0.2) is 279 Å². The molecule has 0 saturated heterocycles. The topological polar surface area (TPSA) is 593 Å². The molecular weight excluding hydrogens is 1020 g/mol. The lowest BCUT2D eigenvalue weighted by Gasteiger charge is -2.47. The van der Waals surface area contributed by atoms with Crippen LogP contribution in [0.1, 0.15) is 136 Å². The van der Waals surface area contributed by atoms with E-state index in [1.807, 2.05) is 0 Å². The minimum Gasteiger partial charge on any atom is -0.396 e. The van der Waals surface area contributed by atoms with Crippen molar-refractivity contribution < 1.29 is 107 Å². The summed E-state index contributed by atoms with van der Waals surface area (Å²) in [6.45, 7) is 5.23. The summed E-state index contributed by atoms with van der Waals surface area (Å²) in [6, 6.07) is 0. The average Bonchev–Trinajstić information content (AvgIpc) is 3.42. The molecule has 34 N–H and O–H groups in total. The molecule has 0 radical (unpaired) electrons. The van der Waals surface area contributed by atoms with E-state index in [9.17, 15) is 0 Å². The summed E-state index contributed by atoms with van der Waals surface area (Å²) in [6.07, 6.45) is 11.3. The van der Waals surface area contributed by atoms with Crippen molar-refractivity contribution >= 4 is 0 Å². The van der Waals surface area contributed by atoms with Crippen LogP contribution in [-0.2, 0) is 0 Å². The van der Waals surface area contributed by atoms with Gasteiger partial charge in [0.15, 0.2) is 11.5 Å². The molecule has 0 aromatic heterocycles. The van der Waals surface area contributed by atoms with E-state index in [0.29, 0.717) is 64.3 Å². The molecule has 28 nitrogen and oxygen atoms in total. The van der Waals surface area contributed by atoms with Crippen LogP contribution in [0, 0.1) is 5.41 Å². The second-order valence-electron chi connectivity index (χ2n) is 19.0. The Kier molecular flexibility index (Phi) is 76.8. The summed E-state index contributed by atoms with van der Waals surface area (Å²) in [5, 5.41) is 183. The van der Waals surface area contributed by atoms with Gasteiger partial charge in [-0.05, 0) is 143 Å². The first kappa shape index (κ1) is 92.3. The van der Waals surface area contributed by atoms with Gasteiger partial charge in [-0.25, -0.2) is 0 Å². The highest BCUT2D eigenvalue weighted by atomic mass is 16.5. The normalized spacial score (nSPS) is 12.4. The number of nitrogens with two attached hydrogens (primary N) is 6. The Hall–Kier alpha value is -1.12. The van der Waals surface area contributed by atoms with Crippen LogP contribution in [0.25, 0.3) is 0 Å². The molecule has 0 aliphatic heterocycles. The van der Waals surface area contributed by atoms with Gasteiger partial charge in [-0.1, -0.05) is 6.92 Å². The van der Waals surface area contributed by atoms with Gasteiger partial charge < -0.3 is 141 Å². The van der Waals surface area contributed by atoms with Crippen molar-refractivity contribution in [1.82, 2.24) is 5.32 Å². The van der Waals surface area contributed by atoms with Crippen molar-refractivity contribution in [3.8, 4) is 0 Å². The monoisotopic (exact) mass is 1140 g/mol. The first-order chi connectivity index (χ1) is 36.1. The Labute approximate surface area is 460 Å². The fourth-order valence-corrected chi connectivity index (χ4v) is 5.42. The first-order valence-electron chi connectivity index (χ1n) is 26.7. The summed E-state index contributed by atoms with van der Waals surface area (Å²) in [5.41, 5.74) is 27.9. The van der Waals surface area contributed by atoms with Crippen LogP contribution >= 0.6 is 0 Å². The molecule has 0 aromatic carbocycles. The second kappa shape index (κ2) is 64.1. The number of unbranched alkanes of at least 4 members (excludes halogenated alkanes) is 2. The molecule has 2 unspecified atom stereocenters. The maximum Gasteiger partial charge on any atom is 0.163 e. The summed E-state index contributed by atoms with van der Waals surface area (Å²) < 4.78 is 0. The molecule has 0 aromatic rings. The maximum absolute atomic E-state index is 9.05. The molecule has 0 rings (SSSR count). The van der Waals surface area contributed by atoms with Crippen LogP contribution in [0.2, 0.25) is 0 Å². The van der Waals surface area contributed by atoms with E-state index in [1.165, 1.54) is 0 Å². The average molecular weight is 1140 g/mol. The predicted octanol–water partition coefficient (Wildman–Crippen LogP) is -7.51. The van der Waals surface area contributed by atoms with Crippen LogP contribution < -0.4 is 39.7 Å². The van der Waals surface area contributed by atoms with Crippen molar-refractivity contribution in [3.63, 3.8) is 0 Å². The van der Waals surface area contributed by atoms with Crippen LogP contribution in [0.15, 0.2) is 0 Å². The van der Waals surface area contributed by atoms with Gasteiger partial charge in [-0.2, -0.15) is 0 Å². The van der Waals surface area contributed by atoms with E-state index in [2.05, 4.69) is 5.32 Å². The molecule has 0 amide bonds. The van der Waals surface area contributed by atoms with E-state index in [0.717, 1.165) is 64.5 Å². The molecule has 0 fully saturated rings. The molecule has 0 spiro atoms. The largest absolute Gasteiger partial charge is 0.396 e. The molecule has 28 heteroatoms. The second-order valence-corrected chi connectivity index (χ2v) is 19.0. The van der Waals surface area contributed by atoms with Crippen LogP contribution in [0.5, 0.6) is 0 Å². The van der Waals surface area contributed by atoms with E-state index in [1.54, 1.807) is 20.8 Å². The van der Waals surface area contributed by atoms with E-state index in [4.69, 9.17) is 142 Å². The van der Waals surface area contributed by atoms with Crippen molar-refractivity contribution in [2.45, 2.75) is 177 Å². The number of nitrogens with one attached hydrogen (secondary N) is 1. The highest BCUT2D eigenvalue weighted by Crippen LogP contribution is 2.35. The Morgan fingerprint density at radius 1 is 0.390 bits per heavy atom. The lowest BCUT2D eigenvalue weighted by molar-refractivity contribution is -0.164. The van der Waals surface area contributed by atoms with E-state index < -0.39 is 66.6 Å². The molecule has 0 aliphatic carbocycles. The van der Waals surface area contributed by atoms with Gasteiger partial charge in [0, 0.05) is 76.9 Å². The third kappa shape index (κ3) is 65.6. The number of rotatable bonds is 39. The third-order valence-electron chi connectivity index (χ3n) is 11.2. The fourth-order valence-electron chi connectivity index (χ4n) is 5.42. The molecule has 0 heterocycles. The smallest absolute Gasteiger partial charge is 0.163 e. The van der Waals surface area contributed by atoms with Crippen molar-refractivity contribution in [3.05, 3.63) is 0 Å². The number of hydrogen-bond acceptors (Lipinski definition) is 28. The zero-order valence-electron chi connectivity index (χ0n) is 47.4. The Bertz CT molecular complexity index is 1000. The molecule has 0 aliphatic rings. The van der Waals surface area contributed by atoms with Crippen molar-refractivity contribution in [2.75, 3.05) is 132 Å². The predicted molar refractivity (Wildman–Crippen MR) is 296 cm³/mol.